The van der Waals surface area contributed by atoms with Gasteiger partial charge in [0.1, 0.15) is 11.1 Å². The molecule has 4 aromatic rings. The molecule has 1 atom stereocenters. The molecule has 0 unspecified atom stereocenters. The van der Waals surface area contributed by atoms with Gasteiger partial charge in [-0.25, -0.2) is 4.79 Å². The van der Waals surface area contributed by atoms with E-state index < -0.39 is 11.4 Å². The third-order valence-electron chi connectivity index (χ3n) is 5.73. The quantitative estimate of drug-likeness (QED) is 0.492. The van der Waals surface area contributed by atoms with Crippen LogP contribution in [0.1, 0.15) is 35.8 Å². The molecule has 0 amide bonds. The van der Waals surface area contributed by atoms with Gasteiger partial charge in [0, 0.05) is 34.8 Å². The lowest BCUT2D eigenvalue weighted by Gasteiger charge is -2.31. The first-order chi connectivity index (χ1) is 14.0. The maximum atomic E-state index is 12.5. The number of aromatic carboxylic acids is 1. The van der Waals surface area contributed by atoms with Crippen LogP contribution in [0.5, 0.6) is 0 Å². The summed E-state index contributed by atoms with van der Waals surface area (Å²) < 4.78 is 8.26. The first kappa shape index (κ1) is 17.9. The van der Waals surface area contributed by atoms with Crippen LogP contribution in [-0.4, -0.2) is 15.6 Å². The van der Waals surface area contributed by atoms with E-state index in [2.05, 4.69) is 31.4 Å². The molecule has 0 radical (unpaired) electrons. The first-order valence-electron chi connectivity index (χ1n) is 9.52. The van der Waals surface area contributed by atoms with Gasteiger partial charge in [0.15, 0.2) is 11.2 Å². The second kappa shape index (κ2) is 6.46. The Balaban J connectivity index is 1.83. The van der Waals surface area contributed by atoms with Gasteiger partial charge in [0.25, 0.3) is 0 Å². The number of furan rings is 1. The topological polar surface area (TPSA) is 72.4 Å². The number of thiophene rings is 1. The SMILES string of the molecule is CC(C)[C@@H]1Cc2c(oc3c(-c4ccsc4)cccc23)-c2cc(=O)c(C(=O)O)cn21. The molecule has 146 valence electrons. The number of benzene rings is 1. The van der Waals surface area contributed by atoms with Gasteiger partial charge in [0.05, 0.1) is 5.69 Å². The Morgan fingerprint density at radius 3 is 2.83 bits per heavy atom. The molecular weight excluding hydrogens is 386 g/mol. The van der Waals surface area contributed by atoms with Gasteiger partial charge in [0.2, 0.25) is 0 Å². The minimum atomic E-state index is -1.21. The van der Waals surface area contributed by atoms with E-state index in [1.165, 1.54) is 12.3 Å². The summed E-state index contributed by atoms with van der Waals surface area (Å²) in [6.45, 7) is 4.22. The lowest BCUT2D eigenvalue weighted by molar-refractivity contribution is 0.0694. The fraction of sp³-hybridized carbons (Fsp3) is 0.217. The van der Waals surface area contributed by atoms with Crippen molar-refractivity contribution in [3.8, 4) is 22.6 Å². The number of carbonyl (C=O) groups is 1. The van der Waals surface area contributed by atoms with Crippen molar-refractivity contribution in [3.05, 3.63) is 68.6 Å². The molecule has 0 saturated carbocycles. The molecule has 4 heterocycles. The number of nitrogens with zero attached hydrogens (tertiary/aromatic N) is 1. The zero-order chi connectivity index (χ0) is 20.3. The highest BCUT2D eigenvalue weighted by molar-refractivity contribution is 7.08. The van der Waals surface area contributed by atoms with E-state index in [1.54, 1.807) is 11.3 Å². The van der Waals surface area contributed by atoms with Crippen LogP contribution in [0.3, 0.4) is 0 Å². The number of hydrogen-bond donors (Lipinski definition) is 1. The Morgan fingerprint density at radius 2 is 2.14 bits per heavy atom. The van der Waals surface area contributed by atoms with E-state index in [-0.39, 0.29) is 17.5 Å². The van der Waals surface area contributed by atoms with E-state index >= 15 is 0 Å². The predicted molar refractivity (Wildman–Crippen MR) is 114 cm³/mol. The van der Waals surface area contributed by atoms with Gasteiger partial charge in [-0.05, 0) is 34.7 Å². The molecule has 0 aliphatic carbocycles. The molecule has 5 rings (SSSR count). The van der Waals surface area contributed by atoms with E-state index in [1.807, 2.05) is 22.1 Å². The Hall–Kier alpha value is -3.12. The molecule has 1 aliphatic rings. The summed E-state index contributed by atoms with van der Waals surface area (Å²) in [4.78, 5) is 24.0. The number of carboxylic acids is 1. The molecule has 5 nitrogen and oxygen atoms in total. The van der Waals surface area contributed by atoms with Crippen molar-refractivity contribution in [2.24, 2.45) is 5.92 Å². The molecule has 0 bridgehead atoms. The molecule has 3 aromatic heterocycles. The lowest BCUT2D eigenvalue weighted by Crippen LogP contribution is -2.27. The van der Waals surface area contributed by atoms with Crippen LogP contribution in [0.15, 0.2) is 56.5 Å². The normalized spacial score (nSPS) is 15.5. The number of pyridine rings is 1. The molecule has 29 heavy (non-hydrogen) atoms. The molecule has 0 spiro atoms. The highest BCUT2D eigenvalue weighted by atomic mass is 32.1. The van der Waals surface area contributed by atoms with Crippen LogP contribution >= 0.6 is 11.3 Å². The van der Waals surface area contributed by atoms with E-state index in [0.717, 1.165) is 34.1 Å². The highest BCUT2D eigenvalue weighted by Crippen LogP contribution is 2.44. The summed E-state index contributed by atoms with van der Waals surface area (Å²) >= 11 is 1.63. The van der Waals surface area contributed by atoms with Crippen LogP contribution in [0.2, 0.25) is 0 Å². The van der Waals surface area contributed by atoms with Crippen molar-refractivity contribution in [2.75, 3.05) is 0 Å². The zero-order valence-electron chi connectivity index (χ0n) is 16.0. The third-order valence-corrected chi connectivity index (χ3v) is 6.42. The minimum Gasteiger partial charge on any atom is -0.477 e. The third kappa shape index (κ3) is 2.67. The highest BCUT2D eigenvalue weighted by Gasteiger charge is 2.32. The molecule has 6 heteroatoms. The molecular formula is C23H19NO4S. The van der Waals surface area contributed by atoms with Gasteiger partial charge in [-0.2, -0.15) is 11.3 Å². The van der Waals surface area contributed by atoms with Crippen LogP contribution in [0.4, 0.5) is 0 Å². The first-order valence-corrected chi connectivity index (χ1v) is 10.5. The van der Waals surface area contributed by atoms with E-state index in [4.69, 9.17) is 4.42 Å². The van der Waals surface area contributed by atoms with Gasteiger partial charge >= 0.3 is 5.97 Å². The number of rotatable bonds is 3. The number of para-hydroxylation sites is 1. The zero-order valence-corrected chi connectivity index (χ0v) is 16.8. The minimum absolute atomic E-state index is 0.0433. The summed E-state index contributed by atoms with van der Waals surface area (Å²) in [7, 11) is 0. The molecule has 1 N–H and O–H groups in total. The fourth-order valence-corrected chi connectivity index (χ4v) is 4.91. The summed E-state index contributed by atoms with van der Waals surface area (Å²) in [5.41, 5.74) is 3.95. The summed E-state index contributed by atoms with van der Waals surface area (Å²) in [5.74, 6) is -0.285. The molecule has 1 aliphatic heterocycles. The number of aromatic nitrogens is 1. The second-order valence-corrected chi connectivity index (χ2v) is 8.55. The van der Waals surface area contributed by atoms with Crippen molar-refractivity contribution in [1.82, 2.24) is 4.57 Å². The Labute approximate surface area is 170 Å². The lowest BCUT2D eigenvalue weighted by atomic mass is 9.89. The Morgan fingerprint density at radius 1 is 1.31 bits per heavy atom. The van der Waals surface area contributed by atoms with Crippen molar-refractivity contribution < 1.29 is 14.3 Å². The van der Waals surface area contributed by atoms with Crippen molar-refractivity contribution >= 4 is 28.3 Å². The van der Waals surface area contributed by atoms with Crippen LogP contribution < -0.4 is 5.43 Å². The van der Waals surface area contributed by atoms with Crippen LogP contribution in [0.25, 0.3) is 33.6 Å². The van der Waals surface area contributed by atoms with Crippen LogP contribution in [-0.2, 0) is 6.42 Å². The maximum absolute atomic E-state index is 12.5. The van der Waals surface area contributed by atoms with Gasteiger partial charge in [-0.15, -0.1) is 0 Å². The average Bonchev–Trinajstić information content (AvgIpc) is 3.34. The summed E-state index contributed by atoms with van der Waals surface area (Å²) in [5, 5.41) is 14.6. The second-order valence-electron chi connectivity index (χ2n) is 7.77. The maximum Gasteiger partial charge on any atom is 0.341 e. The predicted octanol–water partition coefficient (Wildman–Crippen LogP) is 5.44. The van der Waals surface area contributed by atoms with Gasteiger partial charge in [-0.1, -0.05) is 32.0 Å². The van der Waals surface area contributed by atoms with Crippen molar-refractivity contribution in [2.45, 2.75) is 26.3 Å². The average molecular weight is 405 g/mol. The Kier molecular flexibility index (Phi) is 3.99. The van der Waals surface area contributed by atoms with Gasteiger partial charge < -0.3 is 14.1 Å². The molecule has 0 saturated heterocycles. The number of carboxylic acid groups (broad SMARTS) is 1. The Bertz CT molecular complexity index is 1310. The van der Waals surface area contributed by atoms with Crippen molar-refractivity contribution in [3.63, 3.8) is 0 Å². The summed E-state index contributed by atoms with van der Waals surface area (Å²) in [6, 6.07) is 9.65. The largest absolute Gasteiger partial charge is 0.477 e. The summed E-state index contributed by atoms with van der Waals surface area (Å²) in [6.07, 6.45) is 2.20. The molecule has 0 fully saturated rings. The smallest absolute Gasteiger partial charge is 0.341 e. The standard InChI is InChI=1S/C23H19NO4S/c1-12(2)18-8-16-15-5-3-4-14(13-6-7-29-11-13)21(15)28-22(16)19-9-20(25)17(23(26)27)10-24(18)19/h3-7,9-12,18H,8H2,1-2H3,(H,26,27)/t18-/m0/s1. The van der Waals surface area contributed by atoms with Gasteiger partial charge in [-0.3, -0.25) is 4.79 Å². The number of fused-ring (bicyclic) bond motifs is 5. The van der Waals surface area contributed by atoms with Crippen LogP contribution in [0, 0.1) is 5.92 Å². The monoisotopic (exact) mass is 405 g/mol. The molecule has 1 aromatic carbocycles. The fourth-order valence-electron chi connectivity index (χ4n) is 4.26. The van der Waals surface area contributed by atoms with E-state index in [9.17, 15) is 14.7 Å². The number of hydrogen-bond acceptors (Lipinski definition) is 4. The van der Waals surface area contributed by atoms with Crippen molar-refractivity contribution in [1.29, 1.82) is 0 Å². The van der Waals surface area contributed by atoms with E-state index in [0.29, 0.717) is 11.5 Å².